The monoisotopic (exact) mass is 293 g/mol. The Morgan fingerprint density at radius 2 is 1.86 bits per heavy atom. The summed E-state index contributed by atoms with van der Waals surface area (Å²) in [6.45, 7) is 14.2. The Kier molecular flexibility index (Phi) is 6.27. The topological polar surface area (TPSA) is 18.5 Å². The molecule has 2 rings (SSSR count). The maximum atomic E-state index is 3.79. The fraction of sp³-hybridized carbons (Fsp3) is 0.889. The van der Waals surface area contributed by atoms with E-state index in [1.165, 1.54) is 70.5 Å². The second-order valence-electron chi connectivity index (χ2n) is 7.72. The van der Waals surface area contributed by atoms with Crippen LogP contribution in [0.15, 0.2) is 11.6 Å². The molecule has 1 unspecified atom stereocenters. The molecule has 2 aliphatic rings. The van der Waals surface area contributed by atoms with E-state index in [-0.39, 0.29) is 0 Å². The maximum Gasteiger partial charge on any atom is 0.0110 e. The summed E-state index contributed by atoms with van der Waals surface area (Å²) in [7, 11) is 2.24. The molecule has 0 bridgehead atoms. The van der Waals surface area contributed by atoms with Gasteiger partial charge in [-0.15, -0.1) is 0 Å². The van der Waals surface area contributed by atoms with Crippen molar-refractivity contribution in [3.63, 3.8) is 0 Å². The van der Waals surface area contributed by atoms with Gasteiger partial charge in [0.15, 0.2) is 0 Å². The maximum absolute atomic E-state index is 3.79. The van der Waals surface area contributed by atoms with E-state index >= 15 is 0 Å². The van der Waals surface area contributed by atoms with Crippen LogP contribution in [0.25, 0.3) is 0 Å². The highest BCUT2D eigenvalue weighted by molar-refractivity contribution is 4.98. The molecule has 0 aromatic carbocycles. The summed E-state index contributed by atoms with van der Waals surface area (Å²) in [4.78, 5) is 5.13. The van der Waals surface area contributed by atoms with Crippen molar-refractivity contribution in [2.75, 3.05) is 46.3 Å². The van der Waals surface area contributed by atoms with Crippen molar-refractivity contribution in [1.82, 2.24) is 15.1 Å². The van der Waals surface area contributed by atoms with E-state index in [0.717, 1.165) is 0 Å². The molecule has 0 spiro atoms. The molecule has 1 saturated carbocycles. The molecule has 1 atom stereocenters. The van der Waals surface area contributed by atoms with Gasteiger partial charge >= 0.3 is 0 Å². The first-order valence-electron chi connectivity index (χ1n) is 8.77. The van der Waals surface area contributed by atoms with Gasteiger partial charge in [-0.3, -0.25) is 0 Å². The summed E-state index contributed by atoms with van der Waals surface area (Å²) in [5.74, 6) is 0. The zero-order chi connectivity index (χ0) is 15.3. The lowest BCUT2D eigenvalue weighted by Gasteiger charge is -2.35. The van der Waals surface area contributed by atoms with Gasteiger partial charge in [-0.25, -0.2) is 0 Å². The van der Waals surface area contributed by atoms with Crippen LogP contribution in [0.1, 0.15) is 46.5 Å². The number of rotatable bonds is 8. The Bertz CT molecular complexity index is 334. The number of hydrogen-bond donors (Lipinski definition) is 1. The highest BCUT2D eigenvalue weighted by Gasteiger charge is 2.43. The van der Waals surface area contributed by atoms with E-state index in [1.807, 2.05) is 0 Å². The summed E-state index contributed by atoms with van der Waals surface area (Å²) < 4.78 is 0. The lowest BCUT2D eigenvalue weighted by molar-refractivity contribution is 0.129. The minimum Gasteiger partial charge on any atom is -0.314 e. The SMILES string of the molecule is CC(C)=CCCC(C)NCC1(CN2CCN(C)CC2)CC1. The van der Waals surface area contributed by atoms with Gasteiger partial charge in [-0.05, 0) is 58.9 Å². The van der Waals surface area contributed by atoms with E-state index in [4.69, 9.17) is 0 Å². The van der Waals surface area contributed by atoms with Crippen molar-refractivity contribution < 1.29 is 0 Å². The fourth-order valence-corrected chi connectivity index (χ4v) is 3.16. The van der Waals surface area contributed by atoms with Crippen molar-refractivity contribution in [1.29, 1.82) is 0 Å². The third-order valence-electron chi connectivity index (χ3n) is 5.09. The van der Waals surface area contributed by atoms with Gasteiger partial charge in [0.2, 0.25) is 0 Å². The first kappa shape index (κ1) is 17.0. The van der Waals surface area contributed by atoms with Crippen LogP contribution < -0.4 is 5.32 Å². The molecular formula is C18H35N3. The molecule has 1 heterocycles. The Balaban J connectivity index is 1.64. The Morgan fingerprint density at radius 1 is 1.19 bits per heavy atom. The normalized spacial score (nSPS) is 23.8. The predicted molar refractivity (Wildman–Crippen MR) is 91.7 cm³/mol. The van der Waals surface area contributed by atoms with Gasteiger partial charge in [-0.2, -0.15) is 0 Å². The average molecular weight is 293 g/mol. The zero-order valence-corrected chi connectivity index (χ0v) is 14.6. The summed E-state index contributed by atoms with van der Waals surface area (Å²) in [6.07, 6.45) is 7.67. The van der Waals surface area contributed by atoms with Crippen LogP contribution in [0.2, 0.25) is 0 Å². The van der Waals surface area contributed by atoms with Gasteiger partial charge in [0.25, 0.3) is 0 Å². The third-order valence-corrected chi connectivity index (χ3v) is 5.09. The van der Waals surface area contributed by atoms with E-state index in [1.54, 1.807) is 0 Å². The number of nitrogens with zero attached hydrogens (tertiary/aromatic N) is 2. The standard InChI is InChI=1S/C18H35N3/c1-16(2)6-5-7-17(3)19-14-18(8-9-18)15-21-12-10-20(4)11-13-21/h6,17,19H,5,7-15H2,1-4H3. The molecule has 3 heteroatoms. The number of likely N-dealkylation sites (N-methyl/N-ethyl adjacent to an activating group) is 1. The molecule has 2 fully saturated rings. The minimum atomic E-state index is 0.598. The molecule has 1 aliphatic carbocycles. The quantitative estimate of drug-likeness (QED) is 0.694. The lowest BCUT2D eigenvalue weighted by atomic mass is 10.0. The summed E-state index contributed by atoms with van der Waals surface area (Å²) in [6, 6.07) is 0.644. The molecule has 122 valence electrons. The number of hydrogen-bond acceptors (Lipinski definition) is 3. The second-order valence-corrected chi connectivity index (χ2v) is 7.72. The highest BCUT2D eigenvalue weighted by atomic mass is 15.3. The van der Waals surface area contributed by atoms with Crippen LogP contribution >= 0.6 is 0 Å². The Morgan fingerprint density at radius 3 is 2.43 bits per heavy atom. The van der Waals surface area contributed by atoms with Crippen LogP contribution in [0.3, 0.4) is 0 Å². The molecule has 3 nitrogen and oxygen atoms in total. The van der Waals surface area contributed by atoms with Gasteiger partial charge in [0.05, 0.1) is 0 Å². The van der Waals surface area contributed by atoms with Gasteiger partial charge in [0, 0.05) is 45.3 Å². The average Bonchev–Trinajstić information content (AvgIpc) is 3.19. The minimum absolute atomic E-state index is 0.598. The zero-order valence-electron chi connectivity index (χ0n) is 14.6. The first-order valence-corrected chi connectivity index (χ1v) is 8.77. The Hall–Kier alpha value is -0.380. The van der Waals surface area contributed by atoms with E-state index in [2.05, 4.69) is 49.0 Å². The van der Waals surface area contributed by atoms with E-state index in [0.29, 0.717) is 11.5 Å². The van der Waals surface area contributed by atoms with Gasteiger partial charge < -0.3 is 15.1 Å². The van der Waals surface area contributed by atoms with Crippen LogP contribution in [0, 0.1) is 5.41 Å². The predicted octanol–water partition coefficient (Wildman–Crippen LogP) is 2.74. The lowest BCUT2D eigenvalue weighted by Crippen LogP contribution is -2.48. The first-order chi connectivity index (χ1) is 9.99. The van der Waals surface area contributed by atoms with Crippen molar-refractivity contribution in [2.24, 2.45) is 5.41 Å². The third kappa shape index (κ3) is 6.09. The van der Waals surface area contributed by atoms with Crippen LogP contribution in [0.4, 0.5) is 0 Å². The fourth-order valence-electron chi connectivity index (χ4n) is 3.16. The van der Waals surface area contributed by atoms with Crippen molar-refractivity contribution >= 4 is 0 Å². The van der Waals surface area contributed by atoms with Crippen LogP contribution in [-0.2, 0) is 0 Å². The molecule has 0 aromatic rings. The molecule has 1 aliphatic heterocycles. The number of nitrogens with one attached hydrogen (secondary N) is 1. The second kappa shape index (κ2) is 7.75. The molecular weight excluding hydrogens is 258 g/mol. The van der Waals surface area contributed by atoms with Crippen molar-refractivity contribution in [3.8, 4) is 0 Å². The molecule has 0 amide bonds. The highest BCUT2D eigenvalue weighted by Crippen LogP contribution is 2.45. The smallest absolute Gasteiger partial charge is 0.0110 e. The summed E-state index contributed by atoms with van der Waals surface area (Å²) in [5.41, 5.74) is 2.04. The Labute approximate surface area is 131 Å². The number of allylic oxidation sites excluding steroid dienone is 2. The van der Waals surface area contributed by atoms with Gasteiger partial charge in [-0.1, -0.05) is 11.6 Å². The molecule has 21 heavy (non-hydrogen) atoms. The largest absolute Gasteiger partial charge is 0.314 e. The van der Waals surface area contributed by atoms with Gasteiger partial charge in [0.1, 0.15) is 0 Å². The number of piperazine rings is 1. The summed E-state index contributed by atoms with van der Waals surface area (Å²) >= 11 is 0. The van der Waals surface area contributed by atoms with Crippen LogP contribution in [-0.4, -0.2) is 62.2 Å². The summed E-state index contributed by atoms with van der Waals surface area (Å²) in [5, 5.41) is 3.79. The van der Waals surface area contributed by atoms with E-state index < -0.39 is 0 Å². The van der Waals surface area contributed by atoms with E-state index in [9.17, 15) is 0 Å². The molecule has 0 aromatic heterocycles. The molecule has 1 N–H and O–H groups in total. The van der Waals surface area contributed by atoms with Crippen molar-refractivity contribution in [3.05, 3.63) is 11.6 Å². The molecule has 0 radical (unpaired) electrons. The van der Waals surface area contributed by atoms with Crippen LogP contribution in [0.5, 0.6) is 0 Å². The van der Waals surface area contributed by atoms with Crippen molar-refractivity contribution in [2.45, 2.75) is 52.5 Å². The molecule has 1 saturated heterocycles.